The van der Waals surface area contributed by atoms with Crippen molar-refractivity contribution in [2.75, 3.05) is 0 Å². The molecule has 0 spiro atoms. The molecule has 4 nitrogen and oxygen atoms in total. The van der Waals surface area contributed by atoms with Crippen molar-refractivity contribution in [2.24, 2.45) is 0 Å². The van der Waals surface area contributed by atoms with Crippen LogP contribution in [0, 0.1) is 11.3 Å². The molecule has 0 aliphatic rings. The average Bonchev–Trinajstić information content (AvgIpc) is 2.72. The lowest BCUT2D eigenvalue weighted by atomic mass is 10.3. The standard InChI is InChI=1S/C11H6F2N2O2S/c12-11(13)17-9-8(6-14)10(18-15-9)16-7-4-2-1-3-5-7/h1-5,11H. The molecule has 1 aromatic heterocycles. The van der Waals surface area contributed by atoms with Gasteiger partial charge in [0.05, 0.1) is 0 Å². The minimum atomic E-state index is -3.02. The van der Waals surface area contributed by atoms with Gasteiger partial charge in [0.2, 0.25) is 5.06 Å². The largest absolute Gasteiger partial charge is 0.444 e. The molecule has 0 fully saturated rings. The van der Waals surface area contributed by atoms with Crippen LogP contribution in [0.5, 0.6) is 16.7 Å². The molecule has 0 atom stereocenters. The summed E-state index contributed by atoms with van der Waals surface area (Å²) in [6.07, 6.45) is 0. The molecule has 18 heavy (non-hydrogen) atoms. The summed E-state index contributed by atoms with van der Waals surface area (Å²) in [5.74, 6) is 0.0738. The van der Waals surface area contributed by atoms with Crippen LogP contribution in [0.2, 0.25) is 0 Å². The fourth-order valence-corrected chi connectivity index (χ4v) is 1.84. The lowest BCUT2D eigenvalue weighted by molar-refractivity contribution is -0.0524. The van der Waals surface area contributed by atoms with Crippen LogP contribution in [0.4, 0.5) is 8.78 Å². The van der Waals surface area contributed by atoms with E-state index in [0.717, 1.165) is 11.5 Å². The zero-order valence-corrected chi connectivity index (χ0v) is 9.66. The van der Waals surface area contributed by atoms with Crippen molar-refractivity contribution < 1.29 is 18.3 Å². The highest BCUT2D eigenvalue weighted by atomic mass is 32.1. The molecule has 2 rings (SSSR count). The first-order valence-electron chi connectivity index (χ1n) is 4.78. The van der Waals surface area contributed by atoms with E-state index in [4.69, 9.17) is 10.00 Å². The Balaban J connectivity index is 2.24. The molecule has 0 bridgehead atoms. The van der Waals surface area contributed by atoms with E-state index < -0.39 is 12.5 Å². The molecule has 7 heteroatoms. The first-order valence-corrected chi connectivity index (χ1v) is 5.55. The van der Waals surface area contributed by atoms with Gasteiger partial charge in [-0.1, -0.05) is 18.2 Å². The van der Waals surface area contributed by atoms with Crippen molar-refractivity contribution in [3.63, 3.8) is 0 Å². The van der Waals surface area contributed by atoms with Crippen molar-refractivity contribution in [3.8, 4) is 22.8 Å². The Morgan fingerprint density at radius 2 is 2.00 bits per heavy atom. The number of ether oxygens (including phenoxy) is 2. The number of alkyl halides is 2. The van der Waals surface area contributed by atoms with Crippen molar-refractivity contribution in [2.45, 2.75) is 6.61 Å². The molecule has 0 saturated carbocycles. The van der Waals surface area contributed by atoms with Crippen LogP contribution >= 0.6 is 11.5 Å². The molecule has 1 heterocycles. The number of hydrogen-bond acceptors (Lipinski definition) is 5. The Hall–Kier alpha value is -2.20. The van der Waals surface area contributed by atoms with Crippen molar-refractivity contribution >= 4 is 11.5 Å². The molecule has 0 aliphatic carbocycles. The van der Waals surface area contributed by atoms with E-state index in [-0.39, 0.29) is 10.6 Å². The van der Waals surface area contributed by atoms with Crippen molar-refractivity contribution in [1.29, 1.82) is 5.26 Å². The summed E-state index contributed by atoms with van der Waals surface area (Å²) in [5, 5.41) is 9.02. The third kappa shape index (κ3) is 2.73. The Kier molecular flexibility index (Phi) is 3.69. The number of nitrogens with zero attached hydrogens (tertiary/aromatic N) is 2. The summed E-state index contributed by atoms with van der Waals surface area (Å²) in [7, 11) is 0. The quantitative estimate of drug-likeness (QED) is 0.852. The van der Waals surface area contributed by atoms with Crippen LogP contribution in [0.15, 0.2) is 30.3 Å². The molecule has 0 N–H and O–H groups in total. The third-order valence-electron chi connectivity index (χ3n) is 1.90. The Bertz CT molecular complexity index is 566. The molecule has 1 aromatic carbocycles. The molecule has 0 aliphatic heterocycles. The molecule has 0 radical (unpaired) electrons. The summed E-state index contributed by atoms with van der Waals surface area (Å²) in [5.41, 5.74) is -0.135. The van der Waals surface area contributed by atoms with Gasteiger partial charge in [0.1, 0.15) is 11.8 Å². The number of nitriles is 1. The number of rotatable bonds is 4. The average molecular weight is 268 g/mol. The van der Waals surface area contributed by atoms with Crippen LogP contribution in [0.3, 0.4) is 0 Å². The van der Waals surface area contributed by atoms with Gasteiger partial charge in [-0.05, 0) is 12.1 Å². The smallest absolute Gasteiger partial charge is 0.388 e. The molecule has 0 saturated heterocycles. The summed E-state index contributed by atoms with van der Waals surface area (Å²) >= 11 is 0.785. The van der Waals surface area contributed by atoms with Crippen molar-refractivity contribution in [3.05, 3.63) is 35.9 Å². The van der Waals surface area contributed by atoms with Gasteiger partial charge >= 0.3 is 6.61 Å². The molecule has 2 aromatic rings. The topological polar surface area (TPSA) is 55.1 Å². The summed E-state index contributed by atoms with van der Waals surface area (Å²) in [4.78, 5) is 0. The maximum Gasteiger partial charge on any atom is 0.388 e. The maximum absolute atomic E-state index is 12.1. The van der Waals surface area contributed by atoms with Gasteiger partial charge in [-0.3, -0.25) is 0 Å². The van der Waals surface area contributed by atoms with Crippen LogP contribution < -0.4 is 9.47 Å². The van der Waals surface area contributed by atoms with E-state index in [0.29, 0.717) is 5.75 Å². The van der Waals surface area contributed by atoms with Crippen LogP contribution in [0.1, 0.15) is 5.56 Å². The first kappa shape index (κ1) is 12.3. The van der Waals surface area contributed by atoms with Gasteiger partial charge in [-0.15, -0.1) is 0 Å². The predicted octanol–water partition coefficient (Wildman–Crippen LogP) is 3.41. The Morgan fingerprint density at radius 1 is 1.28 bits per heavy atom. The van der Waals surface area contributed by atoms with Gasteiger partial charge in [-0.25, -0.2) is 0 Å². The molecule has 92 valence electrons. The number of para-hydroxylation sites is 1. The van der Waals surface area contributed by atoms with Gasteiger partial charge in [0.15, 0.2) is 5.56 Å². The maximum atomic E-state index is 12.1. The normalized spacial score (nSPS) is 10.1. The highest BCUT2D eigenvalue weighted by Gasteiger charge is 2.19. The van der Waals surface area contributed by atoms with E-state index in [1.165, 1.54) is 0 Å². The molecule has 0 amide bonds. The predicted molar refractivity (Wildman–Crippen MR) is 60.0 cm³/mol. The summed E-state index contributed by atoms with van der Waals surface area (Å²) in [6, 6.07) is 10.4. The van der Waals surface area contributed by atoms with E-state index in [2.05, 4.69) is 9.11 Å². The van der Waals surface area contributed by atoms with Crippen molar-refractivity contribution in [1.82, 2.24) is 4.37 Å². The fourth-order valence-electron chi connectivity index (χ4n) is 1.19. The fraction of sp³-hybridized carbons (Fsp3) is 0.0909. The second kappa shape index (κ2) is 5.42. The van der Waals surface area contributed by atoms with E-state index >= 15 is 0 Å². The van der Waals surface area contributed by atoms with Crippen LogP contribution in [0.25, 0.3) is 0 Å². The first-order chi connectivity index (χ1) is 8.70. The lowest BCUT2D eigenvalue weighted by Crippen LogP contribution is -2.03. The Morgan fingerprint density at radius 3 is 2.61 bits per heavy atom. The highest BCUT2D eigenvalue weighted by Crippen LogP contribution is 2.35. The summed E-state index contributed by atoms with van der Waals surface area (Å²) < 4.78 is 37.2. The van der Waals surface area contributed by atoms with Gasteiger partial charge in [0.25, 0.3) is 5.88 Å². The number of hydrogen-bond donors (Lipinski definition) is 0. The third-order valence-corrected chi connectivity index (χ3v) is 2.61. The molecule has 0 unspecified atom stereocenters. The number of aromatic nitrogens is 1. The second-order valence-corrected chi connectivity index (χ2v) is 3.79. The minimum absolute atomic E-state index is 0.124. The van der Waals surface area contributed by atoms with E-state index in [1.807, 2.05) is 0 Å². The van der Waals surface area contributed by atoms with E-state index in [9.17, 15) is 8.78 Å². The zero-order chi connectivity index (χ0) is 13.0. The number of halogens is 2. The van der Waals surface area contributed by atoms with E-state index in [1.54, 1.807) is 36.4 Å². The highest BCUT2D eigenvalue weighted by molar-refractivity contribution is 7.08. The molecular weight excluding hydrogens is 262 g/mol. The Labute approximate surface area is 105 Å². The van der Waals surface area contributed by atoms with Crippen LogP contribution in [-0.4, -0.2) is 11.0 Å². The zero-order valence-electron chi connectivity index (χ0n) is 8.84. The second-order valence-electron chi connectivity index (χ2n) is 3.06. The number of benzene rings is 1. The summed E-state index contributed by atoms with van der Waals surface area (Å²) in [6.45, 7) is -3.02. The monoisotopic (exact) mass is 268 g/mol. The SMILES string of the molecule is N#Cc1c(OC(F)F)nsc1Oc1ccccc1. The van der Waals surface area contributed by atoms with Gasteiger partial charge in [0, 0.05) is 11.5 Å². The lowest BCUT2D eigenvalue weighted by Gasteiger charge is -2.02. The van der Waals surface area contributed by atoms with Gasteiger partial charge in [-0.2, -0.15) is 18.4 Å². The minimum Gasteiger partial charge on any atom is -0.444 e. The molecular formula is C11H6F2N2O2S. The van der Waals surface area contributed by atoms with Gasteiger partial charge < -0.3 is 9.47 Å². The van der Waals surface area contributed by atoms with Crippen LogP contribution in [-0.2, 0) is 0 Å².